The van der Waals surface area contributed by atoms with Crippen LogP contribution in [0.5, 0.6) is 34.5 Å². The molecule has 13 heteroatoms. The first-order valence-electron chi connectivity index (χ1n) is 10.6. The molecule has 1 aliphatic rings. The molecule has 4 rings (SSSR count). The van der Waals surface area contributed by atoms with Gasteiger partial charge in [-0.3, -0.25) is 4.79 Å². The van der Waals surface area contributed by atoms with Gasteiger partial charge in [-0.2, -0.15) is 0 Å². The predicted molar refractivity (Wildman–Crippen MR) is 120 cm³/mol. The molecule has 2 aromatic carbocycles. The molecular formula is C23H24O13. The van der Waals surface area contributed by atoms with Gasteiger partial charge in [0.15, 0.2) is 17.3 Å². The number of hydrogen-bond donors (Lipinski definition) is 7. The molecule has 7 N–H and O–H groups in total. The summed E-state index contributed by atoms with van der Waals surface area (Å²) in [6.45, 7) is -0.742. The zero-order chi connectivity index (χ0) is 26.3. The standard InChI is InChI=1S/C23H24O13/c1-32-13-4-8(3-11(27)21(13)33-2)20-22(17(29)15-10(26)5-9(25)6-12(15)34-20)36-23-19(31)18(30)16(28)14(7-24)35-23/h3-6,14,16,18-19,23-28,30-31H,7H2,1-2H3/t14?,16-,18+,19?,23+/m1/s1. The maximum atomic E-state index is 13.5. The SMILES string of the molecule is COc1cc(-c2oc3cc(O)cc(O)c3c(=O)c2O[C@@H]2OC(CO)[C@@H](O)[C@H](O)C2O)cc(O)c1OC. The zero-order valence-electron chi connectivity index (χ0n) is 19.0. The Morgan fingerprint density at radius 3 is 2.25 bits per heavy atom. The van der Waals surface area contributed by atoms with E-state index in [0.717, 1.165) is 18.2 Å². The largest absolute Gasteiger partial charge is 0.508 e. The fourth-order valence-corrected chi connectivity index (χ4v) is 3.92. The first kappa shape index (κ1) is 25.3. The first-order valence-corrected chi connectivity index (χ1v) is 10.6. The average molecular weight is 508 g/mol. The number of fused-ring (bicyclic) bond motifs is 1. The van der Waals surface area contributed by atoms with E-state index < -0.39 is 65.7 Å². The summed E-state index contributed by atoms with van der Waals surface area (Å²) in [5, 5.41) is 70.2. The van der Waals surface area contributed by atoms with Crippen molar-refractivity contribution in [2.24, 2.45) is 0 Å². The van der Waals surface area contributed by atoms with Crippen LogP contribution in [-0.4, -0.2) is 87.3 Å². The van der Waals surface area contributed by atoms with Crippen molar-refractivity contribution >= 4 is 11.0 Å². The highest BCUT2D eigenvalue weighted by Gasteiger charge is 2.45. The summed E-state index contributed by atoms with van der Waals surface area (Å²) in [5.41, 5.74) is -1.19. The summed E-state index contributed by atoms with van der Waals surface area (Å²) < 4.78 is 27.0. The minimum atomic E-state index is -1.86. The molecule has 0 aliphatic carbocycles. The molecule has 1 fully saturated rings. The third kappa shape index (κ3) is 4.23. The van der Waals surface area contributed by atoms with Gasteiger partial charge in [0.2, 0.25) is 23.2 Å². The van der Waals surface area contributed by atoms with Crippen LogP contribution in [0.1, 0.15) is 0 Å². The lowest BCUT2D eigenvalue weighted by atomic mass is 9.99. The van der Waals surface area contributed by atoms with E-state index in [0.29, 0.717) is 0 Å². The smallest absolute Gasteiger partial charge is 0.239 e. The van der Waals surface area contributed by atoms with Gasteiger partial charge in [0.05, 0.1) is 20.8 Å². The average Bonchev–Trinajstić information content (AvgIpc) is 2.84. The van der Waals surface area contributed by atoms with Gasteiger partial charge in [0, 0.05) is 17.7 Å². The molecule has 13 nitrogen and oxygen atoms in total. The summed E-state index contributed by atoms with van der Waals surface area (Å²) in [6, 6.07) is 4.47. The minimum absolute atomic E-state index is 0.0175. The highest BCUT2D eigenvalue weighted by molar-refractivity contribution is 5.88. The Morgan fingerprint density at radius 2 is 1.61 bits per heavy atom. The van der Waals surface area contributed by atoms with Crippen LogP contribution >= 0.6 is 0 Å². The third-order valence-electron chi connectivity index (χ3n) is 5.72. The van der Waals surface area contributed by atoms with Crippen LogP contribution < -0.4 is 19.6 Å². The van der Waals surface area contributed by atoms with Crippen molar-refractivity contribution in [2.45, 2.75) is 30.7 Å². The Hall–Kier alpha value is -3.75. The number of phenolic OH excluding ortho intramolecular Hbond substituents is 3. The molecule has 2 unspecified atom stereocenters. The van der Waals surface area contributed by atoms with Gasteiger partial charge >= 0.3 is 0 Å². The van der Waals surface area contributed by atoms with E-state index in [4.69, 9.17) is 23.4 Å². The number of ether oxygens (including phenoxy) is 4. The molecule has 36 heavy (non-hydrogen) atoms. The van der Waals surface area contributed by atoms with Crippen molar-refractivity contribution in [1.82, 2.24) is 0 Å². The van der Waals surface area contributed by atoms with Gasteiger partial charge in [-0.25, -0.2) is 0 Å². The second-order valence-electron chi connectivity index (χ2n) is 7.97. The molecule has 0 amide bonds. The van der Waals surface area contributed by atoms with Crippen molar-refractivity contribution < 1.29 is 59.1 Å². The van der Waals surface area contributed by atoms with Crippen LogP contribution in [-0.2, 0) is 4.74 Å². The van der Waals surface area contributed by atoms with Gasteiger partial charge in [-0.05, 0) is 12.1 Å². The maximum Gasteiger partial charge on any atom is 0.239 e. The Balaban J connectivity index is 1.95. The van der Waals surface area contributed by atoms with Crippen molar-refractivity contribution in [2.75, 3.05) is 20.8 Å². The van der Waals surface area contributed by atoms with E-state index in [1.807, 2.05) is 0 Å². The molecule has 2 heterocycles. The van der Waals surface area contributed by atoms with Gasteiger partial charge in [-0.1, -0.05) is 0 Å². The molecule has 1 saturated heterocycles. The molecule has 0 bridgehead atoms. The number of aromatic hydroxyl groups is 3. The van der Waals surface area contributed by atoms with Crippen LogP contribution in [0.15, 0.2) is 33.5 Å². The van der Waals surface area contributed by atoms with Crippen molar-refractivity contribution in [3.63, 3.8) is 0 Å². The van der Waals surface area contributed by atoms with Gasteiger partial charge in [0.1, 0.15) is 46.9 Å². The Morgan fingerprint density at radius 1 is 0.889 bits per heavy atom. The first-order chi connectivity index (χ1) is 17.1. The lowest BCUT2D eigenvalue weighted by Gasteiger charge is -2.39. The van der Waals surface area contributed by atoms with E-state index in [1.54, 1.807) is 0 Å². The van der Waals surface area contributed by atoms with Crippen LogP contribution in [0.4, 0.5) is 0 Å². The molecule has 3 aromatic rings. The van der Waals surface area contributed by atoms with Crippen molar-refractivity contribution in [3.8, 4) is 45.8 Å². The number of phenols is 3. The quantitative estimate of drug-likeness (QED) is 0.230. The number of aliphatic hydroxyl groups excluding tert-OH is 4. The second-order valence-corrected chi connectivity index (χ2v) is 7.97. The molecule has 0 radical (unpaired) electrons. The lowest BCUT2D eigenvalue weighted by molar-refractivity contribution is -0.277. The summed E-state index contributed by atoms with van der Waals surface area (Å²) in [4.78, 5) is 13.5. The molecule has 1 aromatic heterocycles. The zero-order valence-corrected chi connectivity index (χ0v) is 19.0. The van der Waals surface area contributed by atoms with Crippen molar-refractivity contribution in [3.05, 3.63) is 34.5 Å². The Bertz CT molecular complexity index is 1330. The number of benzene rings is 2. The molecule has 5 atom stereocenters. The number of aliphatic hydroxyl groups is 4. The molecular weight excluding hydrogens is 484 g/mol. The Kier molecular flexibility index (Phi) is 6.84. The highest BCUT2D eigenvalue weighted by atomic mass is 16.7. The molecule has 1 aliphatic heterocycles. The molecule has 194 valence electrons. The number of rotatable bonds is 6. The van der Waals surface area contributed by atoms with Crippen molar-refractivity contribution in [1.29, 1.82) is 0 Å². The third-order valence-corrected chi connectivity index (χ3v) is 5.72. The number of hydrogen-bond acceptors (Lipinski definition) is 13. The maximum absolute atomic E-state index is 13.5. The van der Waals surface area contributed by atoms with E-state index in [9.17, 15) is 40.5 Å². The fourth-order valence-electron chi connectivity index (χ4n) is 3.92. The predicted octanol–water partition coefficient (Wildman–Crippen LogP) is -0.227. The highest BCUT2D eigenvalue weighted by Crippen LogP contribution is 2.44. The monoisotopic (exact) mass is 508 g/mol. The van der Waals surface area contributed by atoms with E-state index >= 15 is 0 Å². The van der Waals surface area contributed by atoms with Crippen LogP contribution in [0, 0.1) is 0 Å². The molecule has 0 spiro atoms. The second kappa shape index (κ2) is 9.72. The summed E-state index contributed by atoms with van der Waals surface area (Å²) in [6.07, 6.45) is -8.44. The van der Waals surface area contributed by atoms with E-state index in [1.165, 1.54) is 20.3 Å². The lowest BCUT2D eigenvalue weighted by Crippen LogP contribution is -2.60. The Labute approximate surface area is 202 Å². The van der Waals surface area contributed by atoms with Gasteiger partial charge < -0.3 is 59.1 Å². The van der Waals surface area contributed by atoms with Gasteiger partial charge in [0.25, 0.3) is 0 Å². The minimum Gasteiger partial charge on any atom is -0.508 e. The normalized spacial score (nSPS) is 24.0. The van der Waals surface area contributed by atoms with Gasteiger partial charge in [-0.15, -0.1) is 0 Å². The summed E-state index contributed by atoms with van der Waals surface area (Å²) in [5.74, 6) is -2.38. The van der Waals surface area contributed by atoms with Crippen LogP contribution in [0.2, 0.25) is 0 Å². The summed E-state index contributed by atoms with van der Waals surface area (Å²) in [7, 11) is 2.60. The summed E-state index contributed by atoms with van der Waals surface area (Å²) >= 11 is 0. The topological polar surface area (TPSA) is 209 Å². The number of methoxy groups -OCH3 is 2. The molecule has 0 saturated carbocycles. The fraction of sp³-hybridized carbons (Fsp3) is 0.348. The van der Waals surface area contributed by atoms with E-state index in [-0.39, 0.29) is 33.8 Å². The van der Waals surface area contributed by atoms with Crippen LogP contribution in [0.25, 0.3) is 22.3 Å². The van der Waals surface area contributed by atoms with Crippen LogP contribution in [0.3, 0.4) is 0 Å². The van der Waals surface area contributed by atoms with E-state index in [2.05, 4.69) is 0 Å².